The van der Waals surface area contributed by atoms with Crippen LogP contribution in [-0.4, -0.2) is 72.9 Å². The normalized spacial score (nSPS) is 17.3. The van der Waals surface area contributed by atoms with Crippen molar-refractivity contribution < 1.29 is 19.0 Å². The van der Waals surface area contributed by atoms with E-state index in [0.29, 0.717) is 44.0 Å². The lowest BCUT2D eigenvalue weighted by molar-refractivity contribution is 0.0111. The van der Waals surface area contributed by atoms with Crippen molar-refractivity contribution in [2.24, 2.45) is 0 Å². The van der Waals surface area contributed by atoms with E-state index in [1.54, 1.807) is 17.9 Å². The number of aliphatic hydroxyl groups is 1. The molecule has 1 saturated heterocycles. The van der Waals surface area contributed by atoms with Gasteiger partial charge in [-0.05, 0) is 37.6 Å². The number of hydrogen-bond acceptors (Lipinski definition) is 4. The molecule has 1 heterocycles. The third-order valence-corrected chi connectivity index (χ3v) is 4.05. The van der Waals surface area contributed by atoms with Crippen LogP contribution >= 0.6 is 0 Å². The minimum Gasteiger partial charge on any atom is -0.389 e. The smallest absolute Gasteiger partial charge is 0.253 e. The Kier molecular flexibility index (Phi) is 6.50. The second-order valence-corrected chi connectivity index (χ2v) is 5.87. The quantitative estimate of drug-likeness (QED) is 0.857. The maximum absolute atomic E-state index is 13.3. The lowest BCUT2D eigenvalue weighted by atomic mass is 10.1. The van der Waals surface area contributed by atoms with Gasteiger partial charge in [0, 0.05) is 44.9 Å². The lowest BCUT2D eigenvalue weighted by Gasteiger charge is -2.35. The van der Waals surface area contributed by atoms with E-state index in [9.17, 15) is 14.3 Å². The highest BCUT2D eigenvalue weighted by Crippen LogP contribution is 2.13. The van der Waals surface area contributed by atoms with Gasteiger partial charge < -0.3 is 14.7 Å². The van der Waals surface area contributed by atoms with E-state index in [1.165, 1.54) is 12.1 Å². The van der Waals surface area contributed by atoms with Crippen molar-refractivity contribution in [2.75, 3.05) is 45.9 Å². The molecule has 1 N–H and O–H groups in total. The Labute approximate surface area is 136 Å². The molecule has 2 rings (SSSR count). The molecule has 23 heavy (non-hydrogen) atoms. The van der Waals surface area contributed by atoms with Crippen LogP contribution in [0.15, 0.2) is 18.2 Å². The molecule has 1 aromatic carbocycles. The SMILES string of the molecule is CCOC[C@@H](O)CN1CCN(C(=O)c2ccc(F)c(C)c2)CC1. The number of carbonyl (C=O) groups excluding carboxylic acids is 1. The Morgan fingerprint density at radius 1 is 1.35 bits per heavy atom. The number of β-amino-alcohol motifs (C(OH)–C–C–N with tert-alkyl or cyclic N) is 1. The van der Waals surface area contributed by atoms with Crippen LogP contribution < -0.4 is 0 Å². The van der Waals surface area contributed by atoms with E-state index < -0.39 is 6.10 Å². The Bertz CT molecular complexity index is 531. The molecule has 0 aliphatic carbocycles. The van der Waals surface area contributed by atoms with E-state index in [-0.39, 0.29) is 11.7 Å². The third kappa shape index (κ3) is 4.99. The van der Waals surface area contributed by atoms with Crippen molar-refractivity contribution in [1.29, 1.82) is 0 Å². The fraction of sp³-hybridized carbons (Fsp3) is 0.588. The maximum atomic E-state index is 13.3. The number of ether oxygens (including phenoxy) is 1. The molecule has 0 bridgehead atoms. The zero-order valence-electron chi connectivity index (χ0n) is 13.8. The van der Waals surface area contributed by atoms with Crippen LogP contribution in [0.3, 0.4) is 0 Å². The van der Waals surface area contributed by atoms with Gasteiger partial charge in [-0.1, -0.05) is 0 Å². The molecule has 0 aromatic heterocycles. The number of rotatable bonds is 6. The summed E-state index contributed by atoms with van der Waals surface area (Å²) in [6.45, 7) is 7.69. The molecule has 1 aliphatic rings. The first-order chi connectivity index (χ1) is 11.0. The molecule has 1 atom stereocenters. The molecular formula is C17H25FN2O3. The standard InChI is InChI=1S/C17H25FN2O3/c1-3-23-12-15(21)11-19-6-8-20(9-7-19)17(22)14-4-5-16(18)13(2)10-14/h4-5,10,15,21H,3,6-9,11-12H2,1-2H3/t15-/m0/s1. The number of halogens is 1. The highest BCUT2D eigenvalue weighted by Gasteiger charge is 2.23. The monoisotopic (exact) mass is 324 g/mol. The van der Waals surface area contributed by atoms with E-state index in [4.69, 9.17) is 4.74 Å². The van der Waals surface area contributed by atoms with Crippen LogP contribution in [0, 0.1) is 12.7 Å². The van der Waals surface area contributed by atoms with Gasteiger partial charge >= 0.3 is 0 Å². The Morgan fingerprint density at radius 2 is 2.04 bits per heavy atom. The average Bonchev–Trinajstić information content (AvgIpc) is 2.55. The first kappa shape index (κ1) is 17.8. The highest BCUT2D eigenvalue weighted by atomic mass is 19.1. The van der Waals surface area contributed by atoms with Gasteiger partial charge in [-0.3, -0.25) is 9.69 Å². The molecule has 128 valence electrons. The Morgan fingerprint density at radius 3 is 2.65 bits per heavy atom. The number of carbonyl (C=O) groups is 1. The summed E-state index contributed by atoms with van der Waals surface area (Å²) in [4.78, 5) is 16.4. The molecule has 6 heteroatoms. The van der Waals surface area contributed by atoms with E-state index in [1.807, 2.05) is 6.92 Å². The number of aryl methyl sites for hydroxylation is 1. The van der Waals surface area contributed by atoms with E-state index >= 15 is 0 Å². The minimum atomic E-state index is -0.503. The number of piperazine rings is 1. The van der Waals surface area contributed by atoms with Crippen LogP contribution in [0.5, 0.6) is 0 Å². The van der Waals surface area contributed by atoms with Crippen LogP contribution in [0.4, 0.5) is 4.39 Å². The zero-order chi connectivity index (χ0) is 16.8. The number of nitrogens with zero attached hydrogens (tertiary/aromatic N) is 2. The highest BCUT2D eigenvalue weighted by molar-refractivity contribution is 5.94. The molecule has 0 saturated carbocycles. The van der Waals surface area contributed by atoms with Crippen molar-refractivity contribution >= 4 is 5.91 Å². The fourth-order valence-corrected chi connectivity index (χ4v) is 2.70. The molecule has 1 aliphatic heterocycles. The molecule has 1 amide bonds. The molecule has 0 unspecified atom stereocenters. The topological polar surface area (TPSA) is 53.0 Å². The molecule has 1 fully saturated rings. The lowest BCUT2D eigenvalue weighted by Crippen LogP contribution is -2.50. The van der Waals surface area contributed by atoms with Gasteiger partial charge in [0.2, 0.25) is 0 Å². The van der Waals surface area contributed by atoms with Crippen molar-refractivity contribution in [3.05, 3.63) is 35.1 Å². The predicted molar refractivity (Wildman–Crippen MR) is 86.0 cm³/mol. The second kappa shape index (κ2) is 8.38. The second-order valence-electron chi connectivity index (χ2n) is 5.87. The number of amides is 1. The van der Waals surface area contributed by atoms with Gasteiger partial charge in [-0.15, -0.1) is 0 Å². The summed E-state index contributed by atoms with van der Waals surface area (Å²) < 4.78 is 18.5. The Balaban J connectivity index is 1.83. The number of aliphatic hydroxyl groups excluding tert-OH is 1. The molecule has 0 radical (unpaired) electrons. The summed E-state index contributed by atoms with van der Waals surface area (Å²) in [5.41, 5.74) is 1.00. The first-order valence-electron chi connectivity index (χ1n) is 8.05. The van der Waals surface area contributed by atoms with Gasteiger partial charge in [-0.25, -0.2) is 4.39 Å². The van der Waals surface area contributed by atoms with Crippen molar-refractivity contribution in [3.63, 3.8) is 0 Å². The number of benzene rings is 1. The maximum Gasteiger partial charge on any atom is 0.253 e. The third-order valence-electron chi connectivity index (χ3n) is 4.05. The number of hydrogen-bond donors (Lipinski definition) is 1. The van der Waals surface area contributed by atoms with E-state index in [0.717, 1.165) is 13.1 Å². The minimum absolute atomic E-state index is 0.0670. The zero-order valence-corrected chi connectivity index (χ0v) is 13.8. The fourth-order valence-electron chi connectivity index (χ4n) is 2.70. The van der Waals surface area contributed by atoms with Crippen LogP contribution in [0.1, 0.15) is 22.8 Å². The average molecular weight is 324 g/mol. The van der Waals surface area contributed by atoms with Gasteiger partial charge in [0.05, 0.1) is 12.7 Å². The largest absolute Gasteiger partial charge is 0.389 e. The van der Waals surface area contributed by atoms with Crippen LogP contribution in [-0.2, 0) is 4.74 Å². The Hall–Kier alpha value is -1.50. The summed E-state index contributed by atoms with van der Waals surface area (Å²) in [6, 6.07) is 4.46. The van der Waals surface area contributed by atoms with Crippen molar-refractivity contribution in [2.45, 2.75) is 20.0 Å². The van der Waals surface area contributed by atoms with Gasteiger partial charge in [0.15, 0.2) is 0 Å². The summed E-state index contributed by atoms with van der Waals surface area (Å²) in [7, 11) is 0. The van der Waals surface area contributed by atoms with Gasteiger partial charge in [0.1, 0.15) is 5.82 Å². The molecule has 5 nitrogen and oxygen atoms in total. The van der Waals surface area contributed by atoms with Crippen LogP contribution in [0.25, 0.3) is 0 Å². The van der Waals surface area contributed by atoms with Gasteiger partial charge in [-0.2, -0.15) is 0 Å². The predicted octanol–water partition coefficient (Wildman–Crippen LogP) is 1.29. The van der Waals surface area contributed by atoms with Crippen molar-refractivity contribution in [1.82, 2.24) is 9.80 Å². The van der Waals surface area contributed by atoms with Crippen molar-refractivity contribution in [3.8, 4) is 0 Å². The van der Waals surface area contributed by atoms with E-state index in [2.05, 4.69) is 4.90 Å². The summed E-state index contributed by atoms with van der Waals surface area (Å²) in [5, 5.41) is 9.86. The summed E-state index contributed by atoms with van der Waals surface area (Å²) in [6.07, 6.45) is -0.503. The molecule has 0 spiro atoms. The summed E-state index contributed by atoms with van der Waals surface area (Å²) >= 11 is 0. The molecular weight excluding hydrogens is 299 g/mol. The molecule has 1 aromatic rings. The van der Waals surface area contributed by atoms with Gasteiger partial charge in [0.25, 0.3) is 5.91 Å². The first-order valence-corrected chi connectivity index (χ1v) is 8.05. The van der Waals surface area contributed by atoms with Crippen LogP contribution in [0.2, 0.25) is 0 Å². The summed E-state index contributed by atoms with van der Waals surface area (Å²) in [5.74, 6) is -0.364.